The van der Waals surface area contributed by atoms with Gasteiger partial charge in [0.25, 0.3) is 0 Å². The summed E-state index contributed by atoms with van der Waals surface area (Å²) < 4.78 is 0. The van der Waals surface area contributed by atoms with Crippen LogP contribution < -0.4 is 10.2 Å². The van der Waals surface area contributed by atoms with Crippen LogP contribution in [0.5, 0.6) is 0 Å². The Morgan fingerprint density at radius 2 is 1.95 bits per heavy atom. The summed E-state index contributed by atoms with van der Waals surface area (Å²) in [5.41, 5.74) is 1.40. The van der Waals surface area contributed by atoms with Crippen LogP contribution in [-0.4, -0.2) is 26.2 Å². The molecule has 1 fully saturated rings. The van der Waals surface area contributed by atoms with Crippen molar-refractivity contribution in [3.8, 4) is 0 Å². The van der Waals surface area contributed by atoms with Crippen LogP contribution in [0, 0.1) is 11.8 Å². The minimum Gasteiger partial charge on any atom is -0.371 e. The van der Waals surface area contributed by atoms with Crippen molar-refractivity contribution in [3.63, 3.8) is 0 Å². The summed E-state index contributed by atoms with van der Waals surface area (Å²) in [6.07, 6.45) is 1.30. The molecule has 0 bridgehead atoms. The summed E-state index contributed by atoms with van der Waals surface area (Å²) in [4.78, 5) is 2.56. The smallest absolute Gasteiger partial charge is 0.0445 e. The third kappa shape index (κ3) is 3.38. The second-order valence-corrected chi connectivity index (χ2v) is 6.65. The van der Waals surface area contributed by atoms with Gasteiger partial charge in [0, 0.05) is 24.2 Å². The second kappa shape index (κ2) is 6.48. The van der Waals surface area contributed by atoms with Crippen molar-refractivity contribution in [2.45, 2.75) is 20.3 Å². The molecule has 0 aliphatic carbocycles. The monoisotopic (exact) mass is 282 g/mol. The van der Waals surface area contributed by atoms with Crippen LogP contribution >= 0.6 is 0 Å². The molecule has 0 amide bonds. The Morgan fingerprint density at radius 3 is 2.81 bits per heavy atom. The van der Waals surface area contributed by atoms with Gasteiger partial charge in [-0.05, 0) is 42.8 Å². The number of benzene rings is 2. The van der Waals surface area contributed by atoms with Crippen molar-refractivity contribution >= 4 is 16.5 Å². The van der Waals surface area contributed by atoms with E-state index < -0.39 is 0 Å². The predicted molar refractivity (Wildman–Crippen MR) is 92.0 cm³/mol. The van der Waals surface area contributed by atoms with Gasteiger partial charge in [-0.1, -0.05) is 50.2 Å². The highest BCUT2D eigenvalue weighted by Gasteiger charge is 2.23. The molecule has 1 aliphatic heterocycles. The number of nitrogens with zero attached hydrogens (tertiary/aromatic N) is 1. The Bertz CT molecular complexity index is 586. The van der Waals surface area contributed by atoms with Crippen LogP contribution in [0.4, 0.5) is 5.69 Å². The fraction of sp³-hybridized carbons (Fsp3) is 0.474. The minimum atomic E-state index is 0.737. The molecule has 21 heavy (non-hydrogen) atoms. The van der Waals surface area contributed by atoms with E-state index in [1.54, 1.807) is 0 Å². The van der Waals surface area contributed by atoms with E-state index in [0.717, 1.165) is 24.9 Å². The Balaban J connectivity index is 1.68. The first-order chi connectivity index (χ1) is 10.2. The molecule has 1 N–H and O–H groups in total. The summed E-state index contributed by atoms with van der Waals surface area (Å²) in [6, 6.07) is 15.4. The van der Waals surface area contributed by atoms with Crippen LogP contribution in [0.1, 0.15) is 20.3 Å². The van der Waals surface area contributed by atoms with Crippen molar-refractivity contribution in [1.82, 2.24) is 5.32 Å². The lowest BCUT2D eigenvalue weighted by atomic mass is 10.1. The molecule has 1 heterocycles. The van der Waals surface area contributed by atoms with Crippen molar-refractivity contribution in [2.24, 2.45) is 11.8 Å². The molecule has 112 valence electrons. The lowest BCUT2D eigenvalue weighted by molar-refractivity contribution is 0.477. The van der Waals surface area contributed by atoms with Crippen molar-refractivity contribution in [3.05, 3.63) is 42.5 Å². The van der Waals surface area contributed by atoms with Crippen LogP contribution in [0.25, 0.3) is 10.8 Å². The maximum Gasteiger partial charge on any atom is 0.0445 e. The van der Waals surface area contributed by atoms with Crippen LogP contribution in [0.15, 0.2) is 42.5 Å². The fourth-order valence-electron chi connectivity index (χ4n) is 3.28. The third-order valence-corrected chi connectivity index (χ3v) is 4.38. The molecule has 1 atom stereocenters. The molecule has 1 unspecified atom stereocenters. The SMILES string of the molecule is CC(C)CNCC1CCN(c2cccc3ccccc23)C1. The molecular weight excluding hydrogens is 256 g/mol. The van der Waals surface area contributed by atoms with E-state index in [2.05, 4.69) is 66.5 Å². The average Bonchev–Trinajstić information content (AvgIpc) is 2.95. The lowest BCUT2D eigenvalue weighted by Crippen LogP contribution is -2.28. The van der Waals surface area contributed by atoms with Gasteiger partial charge in [0.05, 0.1) is 0 Å². The summed E-state index contributed by atoms with van der Waals surface area (Å²) in [5, 5.41) is 6.34. The van der Waals surface area contributed by atoms with Gasteiger partial charge >= 0.3 is 0 Å². The van der Waals surface area contributed by atoms with Crippen LogP contribution in [-0.2, 0) is 0 Å². The molecule has 0 radical (unpaired) electrons. The van der Waals surface area contributed by atoms with E-state index in [-0.39, 0.29) is 0 Å². The standard InChI is InChI=1S/C19H26N2/c1-15(2)12-20-13-16-10-11-21(14-16)19-9-5-7-17-6-3-4-8-18(17)19/h3-9,15-16,20H,10-14H2,1-2H3. The second-order valence-electron chi connectivity index (χ2n) is 6.65. The first kappa shape index (κ1) is 14.4. The largest absolute Gasteiger partial charge is 0.371 e. The molecule has 0 saturated carbocycles. The lowest BCUT2D eigenvalue weighted by Gasteiger charge is -2.21. The first-order valence-electron chi connectivity index (χ1n) is 8.17. The summed E-state index contributed by atoms with van der Waals surface area (Å²) in [7, 11) is 0. The van der Waals surface area contributed by atoms with E-state index in [1.165, 1.54) is 36.0 Å². The number of hydrogen-bond acceptors (Lipinski definition) is 2. The van der Waals surface area contributed by atoms with E-state index >= 15 is 0 Å². The van der Waals surface area contributed by atoms with E-state index in [9.17, 15) is 0 Å². The summed E-state index contributed by atoms with van der Waals surface area (Å²) >= 11 is 0. The molecular formula is C19H26N2. The zero-order chi connectivity index (χ0) is 14.7. The number of hydrogen-bond donors (Lipinski definition) is 1. The molecule has 0 aromatic heterocycles. The number of rotatable bonds is 5. The number of nitrogens with one attached hydrogen (secondary N) is 1. The minimum absolute atomic E-state index is 0.737. The zero-order valence-corrected chi connectivity index (χ0v) is 13.2. The van der Waals surface area contributed by atoms with Gasteiger partial charge < -0.3 is 10.2 Å². The third-order valence-electron chi connectivity index (χ3n) is 4.38. The molecule has 2 aromatic carbocycles. The Labute approximate surface area is 128 Å². The van der Waals surface area contributed by atoms with Gasteiger partial charge in [-0.15, -0.1) is 0 Å². The highest BCUT2D eigenvalue weighted by Crippen LogP contribution is 2.30. The van der Waals surface area contributed by atoms with E-state index in [0.29, 0.717) is 0 Å². The maximum absolute atomic E-state index is 3.61. The van der Waals surface area contributed by atoms with Gasteiger partial charge in [0.2, 0.25) is 0 Å². The number of fused-ring (bicyclic) bond motifs is 1. The Morgan fingerprint density at radius 1 is 1.14 bits per heavy atom. The molecule has 1 aliphatic rings. The van der Waals surface area contributed by atoms with Gasteiger partial charge in [0.15, 0.2) is 0 Å². The van der Waals surface area contributed by atoms with E-state index in [1.807, 2.05) is 0 Å². The fourth-order valence-corrected chi connectivity index (χ4v) is 3.28. The topological polar surface area (TPSA) is 15.3 Å². The molecule has 2 aromatic rings. The molecule has 2 nitrogen and oxygen atoms in total. The summed E-state index contributed by atoms with van der Waals surface area (Å²) in [5.74, 6) is 1.52. The highest BCUT2D eigenvalue weighted by molar-refractivity contribution is 5.94. The molecule has 1 saturated heterocycles. The van der Waals surface area contributed by atoms with Crippen LogP contribution in [0.2, 0.25) is 0 Å². The molecule has 3 rings (SSSR count). The van der Waals surface area contributed by atoms with Crippen molar-refractivity contribution < 1.29 is 0 Å². The van der Waals surface area contributed by atoms with Gasteiger partial charge in [-0.3, -0.25) is 0 Å². The Kier molecular flexibility index (Phi) is 4.45. The van der Waals surface area contributed by atoms with Crippen molar-refractivity contribution in [1.29, 1.82) is 0 Å². The molecule has 2 heteroatoms. The maximum atomic E-state index is 3.61. The quantitative estimate of drug-likeness (QED) is 0.894. The molecule has 0 spiro atoms. The van der Waals surface area contributed by atoms with Gasteiger partial charge in [0.1, 0.15) is 0 Å². The van der Waals surface area contributed by atoms with Crippen molar-refractivity contribution in [2.75, 3.05) is 31.1 Å². The van der Waals surface area contributed by atoms with Crippen LogP contribution in [0.3, 0.4) is 0 Å². The van der Waals surface area contributed by atoms with Gasteiger partial charge in [-0.2, -0.15) is 0 Å². The average molecular weight is 282 g/mol. The zero-order valence-electron chi connectivity index (χ0n) is 13.2. The number of anilines is 1. The van der Waals surface area contributed by atoms with Gasteiger partial charge in [-0.25, -0.2) is 0 Å². The first-order valence-corrected chi connectivity index (χ1v) is 8.17. The van der Waals surface area contributed by atoms with E-state index in [4.69, 9.17) is 0 Å². The predicted octanol–water partition coefficient (Wildman–Crippen LogP) is 3.91. The summed E-state index contributed by atoms with van der Waals surface area (Å²) in [6.45, 7) is 9.18. The Hall–Kier alpha value is -1.54. The normalized spacial score (nSPS) is 18.8. The highest BCUT2D eigenvalue weighted by atomic mass is 15.2.